The van der Waals surface area contributed by atoms with Gasteiger partial charge in [0.05, 0.1) is 5.41 Å². The normalized spacial score (nSPS) is 12.6. The van der Waals surface area contributed by atoms with Gasteiger partial charge < -0.3 is 9.32 Å². The predicted octanol–water partition coefficient (Wildman–Crippen LogP) is 17.6. The van der Waals surface area contributed by atoms with Gasteiger partial charge in [0, 0.05) is 33.2 Å². The van der Waals surface area contributed by atoms with E-state index in [9.17, 15) is 0 Å². The van der Waals surface area contributed by atoms with Crippen LogP contribution in [0.2, 0.25) is 0 Å². The summed E-state index contributed by atoms with van der Waals surface area (Å²) < 4.78 is 6.61. The van der Waals surface area contributed by atoms with Gasteiger partial charge in [0.2, 0.25) is 0 Å². The molecule has 0 spiro atoms. The SMILES string of the molecule is c1ccc(-c2cccc(-c3ccc(N(c4ccc(-c5cccc6oc7c8ccccc8ccc7c56)cc4)c4ccc5c(c4)C(c4ccccc4)(c4ccccc4)c4ccccc4-5)cc3)c2)cc1. The summed E-state index contributed by atoms with van der Waals surface area (Å²) in [4.78, 5) is 2.41. The van der Waals surface area contributed by atoms with Crippen LogP contribution in [0, 0.1) is 0 Å². The van der Waals surface area contributed by atoms with E-state index in [0.717, 1.165) is 55.5 Å². The second-order valence-electron chi connectivity index (χ2n) is 17.6. The van der Waals surface area contributed by atoms with Crippen molar-refractivity contribution in [2.75, 3.05) is 4.90 Å². The third-order valence-corrected chi connectivity index (χ3v) is 14.0. The van der Waals surface area contributed by atoms with Gasteiger partial charge in [-0.1, -0.05) is 206 Å². The molecule has 0 N–H and O–H groups in total. The smallest absolute Gasteiger partial charge is 0.143 e. The maximum atomic E-state index is 6.61. The molecule has 0 radical (unpaired) electrons. The lowest BCUT2D eigenvalue weighted by Crippen LogP contribution is -2.28. The molecule has 1 aliphatic carbocycles. The van der Waals surface area contributed by atoms with E-state index < -0.39 is 5.41 Å². The Labute approximate surface area is 390 Å². The first-order valence-corrected chi connectivity index (χ1v) is 23.1. The van der Waals surface area contributed by atoms with E-state index in [1.54, 1.807) is 0 Å². The average molecular weight is 854 g/mol. The van der Waals surface area contributed by atoms with Crippen molar-refractivity contribution >= 4 is 49.8 Å². The highest BCUT2D eigenvalue weighted by atomic mass is 16.3. The van der Waals surface area contributed by atoms with Crippen LogP contribution in [-0.4, -0.2) is 0 Å². The largest absolute Gasteiger partial charge is 0.455 e. The molecule has 11 aromatic carbocycles. The van der Waals surface area contributed by atoms with Gasteiger partial charge in [-0.3, -0.25) is 0 Å². The zero-order chi connectivity index (χ0) is 44.3. The Bertz CT molecular complexity index is 3740. The molecule has 314 valence electrons. The van der Waals surface area contributed by atoms with Gasteiger partial charge in [-0.25, -0.2) is 0 Å². The number of benzene rings is 11. The van der Waals surface area contributed by atoms with Gasteiger partial charge in [-0.2, -0.15) is 0 Å². The van der Waals surface area contributed by atoms with Crippen molar-refractivity contribution in [1.82, 2.24) is 0 Å². The number of nitrogens with zero attached hydrogens (tertiary/aromatic N) is 1. The summed E-state index contributed by atoms with van der Waals surface area (Å²) in [5.74, 6) is 0. The summed E-state index contributed by atoms with van der Waals surface area (Å²) in [5.41, 5.74) is 19.2. The zero-order valence-electron chi connectivity index (χ0n) is 36.7. The summed E-state index contributed by atoms with van der Waals surface area (Å²) in [5, 5.41) is 4.57. The van der Waals surface area contributed by atoms with E-state index in [-0.39, 0.29) is 0 Å². The number of anilines is 3. The van der Waals surface area contributed by atoms with Crippen LogP contribution >= 0.6 is 0 Å². The number of hydrogen-bond acceptors (Lipinski definition) is 2. The molecule has 2 nitrogen and oxygen atoms in total. The standard InChI is InChI=1S/C65H43NO/c1-4-16-44(17-5-1)48-19-14-20-49(42-48)45-30-35-52(36-31-45)66(53-37-32-47(33-38-53)55-27-15-29-62-63(55)59-40-34-46-18-10-11-25-56(46)64(59)67-62)54-39-41-58-57-26-12-13-28-60(57)65(61(58)43-54,50-21-6-2-7-22-50)51-23-8-3-9-24-51/h1-43H. The van der Waals surface area contributed by atoms with E-state index in [0.29, 0.717) is 0 Å². The van der Waals surface area contributed by atoms with E-state index in [1.807, 2.05) is 0 Å². The van der Waals surface area contributed by atoms with Crippen LogP contribution in [0.4, 0.5) is 17.1 Å². The van der Waals surface area contributed by atoms with Gasteiger partial charge in [0.25, 0.3) is 0 Å². The van der Waals surface area contributed by atoms with Crippen LogP contribution in [0.3, 0.4) is 0 Å². The lowest BCUT2D eigenvalue weighted by Gasteiger charge is -2.35. The Morgan fingerprint density at radius 3 is 1.57 bits per heavy atom. The van der Waals surface area contributed by atoms with Crippen LogP contribution in [-0.2, 0) is 5.41 Å². The van der Waals surface area contributed by atoms with E-state index in [4.69, 9.17) is 4.42 Å². The number of rotatable bonds is 8. The Morgan fingerprint density at radius 2 is 0.851 bits per heavy atom. The van der Waals surface area contributed by atoms with E-state index in [2.05, 4.69) is 266 Å². The summed E-state index contributed by atoms with van der Waals surface area (Å²) in [7, 11) is 0. The lowest BCUT2D eigenvalue weighted by molar-refractivity contribution is 0.673. The molecule has 1 heterocycles. The Hall–Kier alpha value is -8.72. The number of furan rings is 1. The molecule has 13 rings (SSSR count). The molecule has 12 aromatic rings. The summed E-state index contributed by atoms with van der Waals surface area (Å²) in [6.45, 7) is 0. The van der Waals surface area contributed by atoms with Crippen LogP contribution in [0.15, 0.2) is 265 Å². The van der Waals surface area contributed by atoms with Crippen LogP contribution in [0.1, 0.15) is 22.3 Å². The highest BCUT2D eigenvalue weighted by Gasteiger charge is 2.46. The molecule has 0 saturated heterocycles. The first-order valence-electron chi connectivity index (χ1n) is 23.1. The average Bonchev–Trinajstić information content (AvgIpc) is 3.94. The molecular weight excluding hydrogens is 811 g/mol. The molecule has 0 saturated carbocycles. The van der Waals surface area contributed by atoms with Crippen molar-refractivity contribution < 1.29 is 4.42 Å². The second-order valence-corrected chi connectivity index (χ2v) is 17.6. The Morgan fingerprint density at radius 1 is 0.313 bits per heavy atom. The first-order chi connectivity index (χ1) is 33.2. The summed E-state index contributed by atoms with van der Waals surface area (Å²) in [6, 6.07) is 95.0. The molecule has 0 aliphatic heterocycles. The van der Waals surface area contributed by atoms with Gasteiger partial charge in [-0.15, -0.1) is 0 Å². The fourth-order valence-corrected chi connectivity index (χ4v) is 10.9. The van der Waals surface area contributed by atoms with Crippen molar-refractivity contribution in [3.8, 4) is 44.5 Å². The molecule has 0 fully saturated rings. The predicted molar refractivity (Wildman–Crippen MR) is 280 cm³/mol. The minimum atomic E-state index is -0.523. The molecule has 0 amide bonds. The van der Waals surface area contributed by atoms with Crippen molar-refractivity contribution in [2.24, 2.45) is 0 Å². The van der Waals surface area contributed by atoms with E-state index in [1.165, 1.54) is 61.0 Å². The summed E-state index contributed by atoms with van der Waals surface area (Å²) >= 11 is 0. The molecule has 2 heteroatoms. The van der Waals surface area contributed by atoms with Gasteiger partial charge in [-0.05, 0) is 127 Å². The molecular formula is C65H43NO. The van der Waals surface area contributed by atoms with Gasteiger partial charge in [0.15, 0.2) is 0 Å². The molecule has 0 unspecified atom stereocenters. The molecule has 0 bridgehead atoms. The highest BCUT2D eigenvalue weighted by molar-refractivity contribution is 6.19. The fourth-order valence-electron chi connectivity index (χ4n) is 10.9. The van der Waals surface area contributed by atoms with Crippen molar-refractivity contribution in [3.63, 3.8) is 0 Å². The van der Waals surface area contributed by atoms with Crippen molar-refractivity contribution in [1.29, 1.82) is 0 Å². The lowest BCUT2D eigenvalue weighted by atomic mass is 9.67. The molecule has 1 aliphatic rings. The van der Waals surface area contributed by atoms with Crippen LogP contribution < -0.4 is 4.90 Å². The zero-order valence-corrected chi connectivity index (χ0v) is 36.7. The topological polar surface area (TPSA) is 16.4 Å². The second kappa shape index (κ2) is 15.8. The van der Waals surface area contributed by atoms with Gasteiger partial charge in [0.1, 0.15) is 11.2 Å². The fraction of sp³-hybridized carbons (Fsp3) is 0.0154. The Balaban J connectivity index is 0.977. The molecule has 1 aromatic heterocycles. The highest BCUT2D eigenvalue weighted by Crippen LogP contribution is 2.57. The first kappa shape index (κ1) is 38.7. The van der Waals surface area contributed by atoms with Crippen LogP contribution in [0.5, 0.6) is 0 Å². The number of hydrogen-bond donors (Lipinski definition) is 0. The van der Waals surface area contributed by atoms with Crippen molar-refractivity contribution in [2.45, 2.75) is 5.41 Å². The number of fused-ring (bicyclic) bond motifs is 8. The van der Waals surface area contributed by atoms with Gasteiger partial charge >= 0.3 is 0 Å². The van der Waals surface area contributed by atoms with E-state index >= 15 is 0 Å². The minimum Gasteiger partial charge on any atom is -0.455 e. The van der Waals surface area contributed by atoms with Crippen LogP contribution in [0.25, 0.3) is 77.2 Å². The Kier molecular flexibility index (Phi) is 9.11. The summed E-state index contributed by atoms with van der Waals surface area (Å²) in [6.07, 6.45) is 0. The van der Waals surface area contributed by atoms with Crippen molar-refractivity contribution in [3.05, 3.63) is 283 Å². The maximum absolute atomic E-state index is 6.61. The molecule has 67 heavy (non-hydrogen) atoms. The third kappa shape index (κ3) is 6.26. The monoisotopic (exact) mass is 853 g/mol. The third-order valence-electron chi connectivity index (χ3n) is 14.0. The minimum absolute atomic E-state index is 0.523. The molecule has 0 atom stereocenters. The quantitative estimate of drug-likeness (QED) is 0.151. The maximum Gasteiger partial charge on any atom is 0.143 e.